The molecule has 0 aromatic carbocycles. The minimum absolute atomic E-state index is 0.0523. The summed E-state index contributed by atoms with van der Waals surface area (Å²) in [5.74, 6) is 0.389. The predicted octanol–water partition coefficient (Wildman–Crippen LogP) is 1.92. The smallest absolute Gasteiger partial charge is 0.245 e. The van der Waals surface area contributed by atoms with Gasteiger partial charge < -0.3 is 20.3 Å². The Morgan fingerprint density at radius 2 is 2.25 bits per heavy atom. The van der Waals surface area contributed by atoms with Crippen LogP contribution in [-0.4, -0.2) is 51.7 Å². The van der Waals surface area contributed by atoms with Crippen LogP contribution >= 0.6 is 0 Å². The summed E-state index contributed by atoms with van der Waals surface area (Å²) in [7, 11) is 0. The van der Waals surface area contributed by atoms with Gasteiger partial charge in [0.25, 0.3) is 0 Å². The first-order valence-electron chi connectivity index (χ1n) is 9.22. The van der Waals surface area contributed by atoms with E-state index in [1.54, 1.807) is 30.9 Å². The number of rotatable bonds is 5. The van der Waals surface area contributed by atoms with E-state index < -0.39 is 0 Å². The van der Waals surface area contributed by atoms with E-state index in [1.807, 2.05) is 24.1 Å². The summed E-state index contributed by atoms with van der Waals surface area (Å²) >= 11 is 0. The molecule has 0 radical (unpaired) electrons. The van der Waals surface area contributed by atoms with Gasteiger partial charge in [0.1, 0.15) is 5.82 Å². The molecule has 0 spiro atoms. The molecule has 0 aliphatic carbocycles. The highest BCUT2D eigenvalue weighted by molar-refractivity contribution is 5.91. The Morgan fingerprint density at radius 1 is 1.32 bits per heavy atom. The molecule has 2 aliphatic heterocycles. The molecule has 2 aromatic heterocycles. The minimum atomic E-state index is -0.119. The van der Waals surface area contributed by atoms with E-state index in [1.165, 1.54) is 5.57 Å². The highest BCUT2D eigenvalue weighted by Crippen LogP contribution is 2.22. The van der Waals surface area contributed by atoms with Crippen LogP contribution in [0, 0.1) is 0 Å². The molecule has 0 fully saturated rings. The van der Waals surface area contributed by atoms with Gasteiger partial charge in [-0.3, -0.25) is 14.8 Å². The standard InChI is InChI=1S/C20H22N6O2/c1-14-24-18(15-4-8-28-9-5-15)12-26(14)13-20(27)25-19-3-2-16(10-23-19)17-11-21-6-7-22-17/h2-4,6-7,10-12,14,24H,5,8-9,13H2,1H3,(H,23,25,27). The number of amides is 1. The van der Waals surface area contributed by atoms with Gasteiger partial charge in [0.05, 0.1) is 43.5 Å². The zero-order valence-electron chi connectivity index (χ0n) is 15.6. The van der Waals surface area contributed by atoms with Crippen molar-refractivity contribution in [2.24, 2.45) is 0 Å². The van der Waals surface area contributed by atoms with Crippen LogP contribution in [0.3, 0.4) is 0 Å². The van der Waals surface area contributed by atoms with Gasteiger partial charge in [-0.25, -0.2) is 4.98 Å². The second kappa shape index (κ2) is 8.18. The number of carbonyl (C=O) groups excluding carboxylic acids is 1. The third-order valence-corrected chi connectivity index (χ3v) is 4.68. The molecule has 28 heavy (non-hydrogen) atoms. The van der Waals surface area contributed by atoms with Crippen molar-refractivity contribution in [1.82, 2.24) is 25.2 Å². The Balaban J connectivity index is 1.36. The molecule has 4 heterocycles. The van der Waals surface area contributed by atoms with Crippen molar-refractivity contribution in [3.8, 4) is 11.3 Å². The lowest BCUT2D eigenvalue weighted by Crippen LogP contribution is -2.38. The Labute approximate surface area is 163 Å². The summed E-state index contributed by atoms with van der Waals surface area (Å²) in [6, 6.07) is 3.63. The third-order valence-electron chi connectivity index (χ3n) is 4.68. The quantitative estimate of drug-likeness (QED) is 0.821. The normalized spacial score (nSPS) is 18.9. The number of pyridine rings is 1. The number of ether oxygens (including phenoxy) is 1. The van der Waals surface area contributed by atoms with E-state index in [2.05, 4.69) is 31.7 Å². The van der Waals surface area contributed by atoms with E-state index in [0.29, 0.717) is 12.4 Å². The molecule has 8 nitrogen and oxygen atoms in total. The molecule has 1 atom stereocenters. The molecule has 2 aromatic rings. The summed E-state index contributed by atoms with van der Waals surface area (Å²) in [5.41, 5.74) is 3.89. The van der Waals surface area contributed by atoms with Gasteiger partial charge in [-0.1, -0.05) is 6.08 Å². The molecule has 0 saturated carbocycles. The fourth-order valence-corrected chi connectivity index (χ4v) is 3.17. The first kappa shape index (κ1) is 18.1. The lowest BCUT2D eigenvalue weighted by Gasteiger charge is -2.21. The molecule has 8 heteroatoms. The number of nitrogens with zero attached hydrogens (tertiary/aromatic N) is 4. The van der Waals surface area contributed by atoms with Gasteiger partial charge in [0, 0.05) is 30.4 Å². The minimum Gasteiger partial charge on any atom is -0.377 e. The van der Waals surface area contributed by atoms with Crippen LogP contribution in [0.15, 0.2) is 60.5 Å². The maximum atomic E-state index is 12.4. The number of nitrogens with one attached hydrogen (secondary N) is 2. The van der Waals surface area contributed by atoms with E-state index in [4.69, 9.17) is 4.74 Å². The summed E-state index contributed by atoms with van der Waals surface area (Å²) in [5, 5.41) is 6.27. The summed E-state index contributed by atoms with van der Waals surface area (Å²) in [4.78, 5) is 27.0. The van der Waals surface area contributed by atoms with Crippen LogP contribution in [-0.2, 0) is 9.53 Å². The maximum absolute atomic E-state index is 12.4. The molecule has 2 N–H and O–H groups in total. The van der Waals surface area contributed by atoms with Gasteiger partial charge in [0.15, 0.2) is 0 Å². The number of hydrogen-bond acceptors (Lipinski definition) is 7. The Bertz CT molecular complexity index is 895. The van der Waals surface area contributed by atoms with Crippen molar-refractivity contribution in [2.75, 3.05) is 25.1 Å². The van der Waals surface area contributed by atoms with Crippen molar-refractivity contribution in [1.29, 1.82) is 0 Å². The first-order chi connectivity index (χ1) is 13.7. The Morgan fingerprint density at radius 3 is 2.96 bits per heavy atom. The largest absolute Gasteiger partial charge is 0.377 e. The molecule has 144 valence electrons. The second-order valence-corrected chi connectivity index (χ2v) is 6.66. The van der Waals surface area contributed by atoms with Crippen molar-refractivity contribution in [3.63, 3.8) is 0 Å². The number of hydrogen-bond donors (Lipinski definition) is 2. The Hall–Kier alpha value is -3.26. The summed E-state index contributed by atoms with van der Waals surface area (Å²) in [6.45, 7) is 3.65. The zero-order valence-corrected chi connectivity index (χ0v) is 15.6. The van der Waals surface area contributed by atoms with E-state index in [-0.39, 0.29) is 18.6 Å². The van der Waals surface area contributed by atoms with Crippen molar-refractivity contribution in [2.45, 2.75) is 19.5 Å². The molecule has 4 rings (SSSR count). The molecular weight excluding hydrogens is 356 g/mol. The molecule has 0 bridgehead atoms. The lowest BCUT2D eigenvalue weighted by atomic mass is 10.1. The molecule has 0 saturated heterocycles. The zero-order chi connectivity index (χ0) is 19.3. The SMILES string of the molecule is CC1NC(C2=CCOCC2)=CN1CC(=O)Nc1ccc(-c2cnccn2)cn1. The van der Waals surface area contributed by atoms with Gasteiger partial charge in [-0.2, -0.15) is 0 Å². The van der Waals surface area contributed by atoms with Crippen molar-refractivity contribution >= 4 is 11.7 Å². The fourth-order valence-electron chi connectivity index (χ4n) is 3.17. The number of aromatic nitrogens is 3. The summed E-state index contributed by atoms with van der Waals surface area (Å²) < 4.78 is 5.36. The Kier molecular flexibility index (Phi) is 5.29. The lowest BCUT2D eigenvalue weighted by molar-refractivity contribution is -0.117. The number of carbonyl (C=O) groups is 1. The van der Waals surface area contributed by atoms with Crippen LogP contribution < -0.4 is 10.6 Å². The monoisotopic (exact) mass is 378 g/mol. The highest BCUT2D eigenvalue weighted by Gasteiger charge is 2.24. The topological polar surface area (TPSA) is 92.3 Å². The van der Waals surface area contributed by atoms with Crippen LogP contribution in [0.1, 0.15) is 13.3 Å². The second-order valence-electron chi connectivity index (χ2n) is 6.66. The van der Waals surface area contributed by atoms with Crippen LogP contribution in [0.5, 0.6) is 0 Å². The maximum Gasteiger partial charge on any atom is 0.245 e. The summed E-state index contributed by atoms with van der Waals surface area (Å²) in [6.07, 6.45) is 11.6. The highest BCUT2D eigenvalue weighted by atomic mass is 16.5. The van der Waals surface area contributed by atoms with Gasteiger partial charge >= 0.3 is 0 Å². The number of allylic oxidation sites excluding steroid dienone is 1. The first-order valence-corrected chi connectivity index (χ1v) is 9.22. The average Bonchev–Trinajstić information content (AvgIpc) is 3.10. The molecule has 1 amide bonds. The predicted molar refractivity (Wildman–Crippen MR) is 105 cm³/mol. The third kappa shape index (κ3) is 4.17. The van der Waals surface area contributed by atoms with Crippen LogP contribution in [0.4, 0.5) is 5.82 Å². The van der Waals surface area contributed by atoms with Gasteiger partial charge in [0.2, 0.25) is 5.91 Å². The van der Waals surface area contributed by atoms with Gasteiger partial charge in [-0.15, -0.1) is 0 Å². The van der Waals surface area contributed by atoms with E-state index in [0.717, 1.165) is 30.0 Å². The van der Waals surface area contributed by atoms with Crippen LogP contribution in [0.2, 0.25) is 0 Å². The molecule has 1 unspecified atom stereocenters. The van der Waals surface area contributed by atoms with Gasteiger partial charge in [-0.05, 0) is 31.1 Å². The molecular formula is C20H22N6O2. The van der Waals surface area contributed by atoms with Crippen molar-refractivity contribution < 1.29 is 9.53 Å². The number of anilines is 1. The van der Waals surface area contributed by atoms with E-state index >= 15 is 0 Å². The van der Waals surface area contributed by atoms with Crippen LogP contribution in [0.25, 0.3) is 11.3 Å². The fraction of sp³-hybridized carbons (Fsp3) is 0.300. The average molecular weight is 378 g/mol. The molecule has 2 aliphatic rings. The van der Waals surface area contributed by atoms with E-state index in [9.17, 15) is 4.79 Å². The van der Waals surface area contributed by atoms with Crippen molar-refractivity contribution in [3.05, 3.63) is 60.5 Å².